The highest BCUT2D eigenvalue weighted by atomic mass is 16.2. The van der Waals surface area contributed by atoms with Gasteiger partial charge in [-0.2, -0.15) is 0 Å². The molecule has 6 heteroatoms. The fourth-order valence-electron chi connectivity index (χ4n) is 2.47. The predicted octanol–water partition coefficient (Wildman–Crippen LogP) is 2.47. The van der Waals surface area contributed by atoms with Crippen LogP contribution in [0.2, 0.25) is 0 Å². The van der Waals surface area contributed by atoms with E-state index in [1.807, 2.05) is 51.0 Å². The zero-order valence-corrected chi connectivity index (χ0v) is 14.3. The van der Waals surface area contributed by atoms with Crippen LogP contribution in [-0.4, -0.2) is 46.9 Å². The van der Waals surface area contributed by atoms with Crippen LogP contribution in [0.3, 0.4) is 0 Å². The summed E-state index contributed by atoms with van der Waals surface area (Å²) in [5, 5.41) is 0. The number of rotatable bonds is 5. The van der Waals surface area contributed by atoms with Gasteiger partial charge in [0.2, 0.25) is 5.95 Å². The molecule has 1 amide bonds. The van der Waals surface area contributed by atoms with Crippen molar-refractivity contribution in [2.75, 3.05) is 26.0 Å². The molecule has 0 unspecified atom stereocenters. The third-order valence-electron chi connectivity index (χ3n) is 3.80. The van der Waals surface area contributed by atoms with Crippen LogP contribution in [0.25, 0.3) is 0 Å². The lowest BCUT2D eigenvalue weighted by atomic mass is 10.1. The van der Waals surface area contributed by atoms with Crippen molar-refractivity contribution in [2.45, 2.75) is 26.3 Å². The molecule has 0 saturated carbocycles. The summed E-state index contributed by atoms with van der Waals surface area (Å²) in [6.45, 7) is 3.87. The van der Waals surface area contributed by atoms with Crippen molar-refractivity contribution in [3.8, 4) is 0 Å². The van der Waals surface area contributed by atoms with Crippen LogP contribution in [0.15, 0.2) is 30.6 Å². The lowest BCUT2D eigenvalue weighted by molar-refractivity contribution is 0.0721. The van der Waals surface area contributed by atoms with Crippen molar-refractivity contribution in [3.05, 3.63) is 47.5 Å². The van der Waals surface area contributed by atoms with E-state index in [1.165, 1.54) is 0 Å². The SMILES string of the molecule is CC[C@H](c1ccccn1)N(C)C(=O)c1cnc(N(C)C)nc1C. The molecule has 0 bridgehead atoms. The predicted molar refractivity (Wildman–Crippen MR) is 90.5 cm³/mol. The number of anilines is 1. The average molecular weight is 313 g/mol. The van der Waals surface area contributed by atoms with Crippen LogP contribution in [0.4, 0.5) is 5.95 Å². The van der Waals surface area contributed by atoms with Gasteiger partial charge in [0.15, 0.2) is 0 Å². The van der Waals surface area contributed by atoms with Gasteiger partial charge in [-0.05, 0) is 25.5 Å². The maximum absolute atomic E-state index is 12.8. The highest BCUT2D eigenvalue weighted by Crippen LogP contribution is 2.23. The molecule has 0 saturated heterocycles. The topological polar surface area (TPSA) is 62.2 Å². The molecular formula is C17H23N5O. The first-order valence-electron chi connectivity index (χ1n) is 7.64. The van der Waals surface area contributed by atoms with Gasteiger partial charge in [-0.25, -0.2) is 9.97 Å². The van der Waals surface area contributed by atoms with Gasteiger partial charge in [0.1, 0.15) is 0 Å². The molecule has 0 aliphatic carbocycles. The molecule has 1 atom stereocenters. The molecule has 0 fully saturated rings. The van der Waals surface area contributed by atoms with Gasteiger partial charge >= 0.3 is 0 Å². The zero-order chi connectivity index (χ0) is 17.0. The number of pyridine rings is 1. The Hall–Kier alpha value is -2.50. The van der Waals surface area contributed by atoms with Crippen LogP contribution in [0.1, 0.15) is 41.1 Å². The van der Waals surface area contributed by atoms with E-state index in [1.54, 1.807) is 24.3 Å². The second-order valence-electron chi connectivity index (χ2n) is 5.66. The van der Waals surface area contributed by atoms with Gasteiger partial charge in [-0.15, -0.1) is 0 Å². The van der Waals surface area contributed by atoms with Crippen molar-refractivity contribution < 1.29 is 4.79 Å². The average Bonchev–Trinajstić information content (AvgIpc) is 2.55. The Morgan fingerprint density at radius 2 is 1.96 bits per heavy atom. The van der Waals surface area contributed by atoms with Crippen LogP contribution in [-0.2, 0) is 0 Å². The maximum Gasteiger partial charge on any atom is 0.257 e. The van der Waals surface area contributed by atoms with Crippen molar-refractivity contribution in [2.24, 2.45) is 0 Å². The molecule has 6 nitrogen and oxygen atoms in total. The van der Waals surface area contributed by atoms with Crippen molar-refractivity contribution in [3.63, 3.8) is 0 Å². The minimum atomic E-state index is -0.0923. The van der Waals surface area contributed by atoms with E-state index < -0.39 is 0 Å². The summed E-state index contributed by atoms with van der Waals surface area (Å²) in [6, 6.07) is 5.67. The summed E-state index contributed by atoms with van der Waals surface area (Å²) in [4.78, 5) is 29.4. The van der Waals surface area contributed by atoms with E-state index in [4.69, 9.17) is 0 Å². The minimum absolute atomic E-state index is 0.0726. The molecule has 2 aromatic rings. The molecule has 2 rings (SSSR count). The number of carbonyl (C=O) groups is 1. The summed E-state index contributed by atoms with van der Waals surface area (Å²) in [5.41, 5.74) is 2.08. The normalized spacial score (nSPS) is 11.9. The summed E-state index contributed by atoms with van der Waals surface area (Å²) in [7, 11) is 5.54. The molecule has 2 heterocycles. The molecule has 2 aromatic heterocycles. The van der Waals surface area contributed by atoms with Gasteiger partial charge in [-0.1, -0.05) is 13.0 Å². The van der Waals surface area contributed by atoms with Gasteiger partial charge in [-0.3, -0.25) is 9.78 Å². The largest absolute Gasteiger partial charge is 0.347 e. The Bertz CT molecular complexity index is 672. The van der Waals surface area contributed by atoms with E-state index in [0.29, 0.717) is 17.2 Å². The Labute approximate surface area is 137 Å². The Balaban J connectivity index is 2.28. The van der Waals surface area contributed by atoms with Crippen molar-refractivity contribution in [1.29, 1.82) is 0 Å². The number of amides is 1. The van der Waals surface area contributed by atoms with Crippen LogP contribution < -0.4 is 4.90 Å². The lowest BCUT2D eigenvalue weighted by Crippen LogP contribution is -2.32. The standard InChI is InChI=1S/C17H23N5O/c1-6-15(14-9-7-8-10-18-14)22(5)16(23)13-11-19-17(21(3)4)20-12(13)2/h7-11,15H,6H2,1-5H3/t15-/m1/s1. The summed E-state index contributed by atoms with van der Waals surface area (Å²) in [5.74, 6) is 0.503. The van der Waals surface area contributed by atoms with Crippen LogP contribution in [0, 0.1) is 6.92 Å². The quantitative estimate of drug-likeness (QED) is 0.848. The van der Waals surface area contributed by atoms with E-state index in [9.17, 15) is 4.79 Å². The molecule has 0 aromatic carbocycles. The smallest absolute Gasteiger partial charge is 0.257 e. The molecule has 0 spiro atoms. The van der Waals surface area contributed by atoms with Gasteiger partial charge in [0.25, 0.3) is 5.91 Å². The Morgan fingerprint density at radius 3 is 2.48 bits per heavy atom. The highest BCUT2D eigenvalue weighted by molar-refractivity contribution is 5.95. The first-order valence-corrected chi connectivity index (χ1v) is 7.64. The molecular weight excluding hydrogens is 290 g/mol. The second kappa shape index (κ2) is 7.17. The Kier molecular flexibility index (Phi) is 5.26. The van der Waals surface area contributed by atoms with Crippen LogP contribution in [0.5, 0.6) is 0 Å². The molecule has 23 heavy (non-hydrogen) atoms. The number of aromatic nitrogens is 3. The number of hydrogen-bond donors (Lipinski definition) is 0. The monoisotopic (exact) mass is 313 g/mol. The second-order valence-corrected chi connectivity index (χ2v) is 5.66. The fraction of sp³-hybridized carbons (Fsp3) is 0.412. The minimum Gasteiger partial charge on any atom is -0.347 e. The number of hydrogen-bond acceptors (Lipinski definition) is 5. The molecule has 0 radical (unpaired) electrons. The zero-order valence-electron chi connectivity index (χ0n) is 14.3. The van der Waals surface area contributed by atoms with Crippen molar-refractivity contribution in [1.82, 2.24) is 19.9 Å². The summed E-state index contributed by atoms with van der Waals surface area (Å²) < 4.78 is 0. The van der Waals surface area contributed by atoms with Crippen LogP contribution >= 0.6 is 0 Å². The molecule has 0 aliphatic rings. The Morgan fingerprint density at radius 1 is 1.22 bits per heavy atom. The number of carbonyl (C=O) groups excluding carboxylic acids is 1. The highest BCUT2D eigenvalue weighted by Gasteiger charge is 2.24. The van der Waals surface area contributed by atoms with E-state index in [2.05, 4.69) is 15.0 Å². The number of nitrogens with zero attached hydrogens (tertiary/aromatic N) is 5. The lowest BCUT2D eigenvalue weighted by Gasteiger charge is -2.27. The first-order chi connectivity index (χ1) is 11.0. The number of aryl methyl sites for hydroxylation is 1. The van der Waals surface area contributed by atoms with E-state index in [-0.39, 0.29) is 11.9 Å². The fourth-order valence-corrected chi connectivity index (χ4v) is 2.47. The summed E-state index contributed by atoms with van der Waals surface area (Å²) >= 11 is 0. The molecule has 0 aliphatic heterocycles. The first kappa shape index (κ1) is 16.9. The van der Waals surface area contributed by atoms with E-state index in [0.717, 1.165) is 12.1 Å². The maximum atomic E-state index is 12.8. The molecule has 122 valence electrons. The van der Waals surface area contributed by atoms with E-state index >= 15 is 0 Å². The molecule has 0 N–H and O–H groups in total. The third kappa shape index (κ3) is 3.64. The van der Waals surface area contributed by atoms with Crippen molar-refractivity contribution >= 4 is 11.9 Å². The van der Waals surface area contributed by atoms with Gasteiger partial charge in [0.05, 0.1) is 23.0 Å². The third-order valence-corrected chi connectivity index (χ3v) is 3.80. The summed E-state index contributed by atoms with van der Waals surface area (Å²) in [6.07, 6.45) is 4.13. The van der Waals surface area contributed by atoms with Gasteiger partial charge < -0.3 is 9.80 Å². The van der Waals surface area contributed by atoms with Gasteiger partial charge in [0, 0.05) is 33.5 Å².